The molecule has 0 saturated carbocycles. The van der Waals surface area contributed by atoms with Gasteiger partial charge in [0.15, 0.2) is 6.04 Å². The molecule has 0 radical (unpaired) electrons. The van der Waals surface area contributed by atoms with E-state index in [4.69, 9.17) is 9.47 Å². The van der Waals surface area contributed by atoms with Crippen molar-refractivity contribution >= 4 is 17.8 Å². The van der Waals surface area contributed by atoms with Gasteiger partial charge in [0.05, 0.1) is 6.61 Å². The lowest BCUT2D eigenvalue weighted by molar-refractivity contribution is -0.140. The highest BCUT2D eigenvalue weighted by atomic mass is 16.6. The van der Waals surface area contributed by atoms with Crippen molar-refractivity contribution in [2.24, 2.45) is 0 Å². The van der Waals surface area contributed by atoms with Crippen molar-refractivity contribution in [3.63, 3.8) is 0 Å². The molecule has 0 aliphatic carbocycles. The zero-order valence-electron chi connectivity index (χ0n) is 14.6. The number of ether oxygens (including phenoxy) is 2. The summed E-state index contributed by atoms with van der Waals surface area (Å²) in [7, 11) is 0. The van der Waals surface area contributed by atoms with Crippen molar-refractivity contribution < 1.29 is 23.9 Å². The molecule has 0 fully saturated rings. The van der Waals surface area contributed by atoms with E-state index in [1.807, 2.05) is 19.1 Å². The number of carbonyl (C=O) groups excluding carboxylic acids is 2. The first-order valence-corrected chi connectivity index (χ1v) is 7.63. The molecule has 130 valence electrons. The molecule has 1 aromatic rings. The molecule has 24 heavy (non-hydrogen) atoms. The van der Waals surface area contributed by atoms with Crippen LogP contribution in [-0.2, 0) is 14.3 Å². The number of carbonyl (C=O) groups is 2. The van der Waals surface area contributed by atoms with Crippen LogP contribution < -0.4 is 5.32 Å². The summed E-state index contributed by atoms with van der Waals surface area (Å²) in [5.74, 6) is -0.818. The SMILES string of the molecule is CCOC(=O)C(=[N+]=[N-])C(NC(=O)OC(C)(C)C)c1ccc(C)cc1. The van der Waals surface area contributed by atoms with Crippen molar-refractivity contribution in [2.45, 2.75) is 46.3 Å². The van der Waals surface area contributed by atoms with Crippen LogP contribution in [0.3, 0.4) is 0 Å². The Morgan fingerprint density at radius 3 is 2.29 bits per heavy atom. The molecule has 1 N–H and O–H groups in total. The monoisotopic (exact) mass is 333 g/mol. The number of hydrogen-bond acceptors (Lipinski definition) is 4. The van der Waals surface area contributed by atoms with Gasteiger partial charge in [-0.25, -0.2) is 9.59 Å². The smallest absolute Gasteiger partial charge is 0.419 e. The Hall–Kier alpha value is -2.66. The highest BCUT2D eigenvalue weighted by molar-refractivity contribution is 6.36. The zero-order valence-corrected chi connectivity index (χ0v) is 14.6. The Morgan fingerprint density at radius 1 is 1.25 bits per heavy atom. The fourth-order valence-corrected chi connectivity index (χ4v) is 1.92. The molecular weight excluding hydrogens is 310 g/mol. The number of amides is 1. The molecule has 7 nitrogen and oxygen atoms in total. The fourth-order valence-electron chi connectivity index (χ4n) is 1.92. The van der Waals surface area contributed by atoms with Crippen LogP contribution in [0, 0.1) is 6.92 Å². The van der Waals surface area contributed by atoms with E-state index in [9.17, 15) is 15.1 Å². The maximum Gasteiger partial charge on any atom is 0.419 e. The zero-order chi connectivity index (χ0) is 18.3. The highest BCUT2D eigenvalue weighted by Gasteiger charge is 2.36. The standard InChI is InChI=1S/C17H23N3O4/c1-6-23-15(21)14(20-18)13(12-9-7-11(2)8-10-12)19-16(22)24-17(3,4)5/h7-10,13H,6H2,1-5H3,(H,19,22). The van der Waals surface area contributed by atoms with Crippen LogP contribution >= 0.6 is 0 Å². The van der Waals surface area contributed by atoms with Gasteiger partial charge in [-0.3, -0.25) is 0 Å². The molecular formula is C17H23N3O4. The van der Waals surface area contributed by atoms with E-state index in [2.05, 4.69) is 10.1 Å². The van der Waals surface area contributed by atoms with Crippen LogP contribution in [0.1, 0.15) is 44.9 Å². The van der Waals surface area contributed by atoms with Gasteiger partial charge in [-0.1, -0.05) is 29.8 Å². The van der Waals surface area contributed by atoms with E-state index in [0.717, 1.165) is 5.56 Å². The van der Waals surface area contributed by atoms with E-state index in [-0.39, 0.29) is 12.3 Å². The number of nitrogens with one attached hydrogen (secondary N) is 1. The van der Waals surface area contributed by atoms with E-state index in [1.165, 1.54) is 0 Å². The fraction of sp³-hybridized carbons (Fsp3) is 0.471. The number of benzene rings is 1. The Bertz CT molecular complexity index is 641. The normalized spacial score (nSPS) is 11.9. The van der Waals surface area contributed by atoms with Crippen LogP contribution in [0.2, 0.25) is 0 Å². The first-order chi connectivity index (χ1) is 11.2. The first-order valence-electron chi connectivity index (χ1n) is 7.63. The third-order valence-electron chi connectivity index (χ3n) is 2.94. The molecule has 1 atom stereocenters. The number of esters is 1. The van der Waals surface area contributed by atoms with Gasteiger partial charge in [0, 0.05) is 0 Å². The van der Waals surface area contributed by atoms with Gasteiger partial charge in [0.2, 0.25) is 0 Å². The van der Waals surface area contributed by atoms with Gasteiger partial charge in [0.25, 0.3) is 0 Å². The van der Waals surface area contributed by atoms with Crippen LogP contribution in [0.4, 0.5) is 4.79 Å². The number of hydrogen-bond donors (Lipinski definition) is 1. The minimum atomic E-state index is -0.996. The summed E-state index contributed by atoms with van der Waals surface area (Å²) in [5.41, 5.74) is 9.79. The molecule has 1 aromatic carbocycles. The minimum Gasteiger partial charge on any atom is -0.457 e. The summed E-state index contributed by atoms with van der Waals surface area (Å²) < 4.78 is 10.1. The molecule has 0 saturated heterocycles. The Morgan fingerprint density at radius 2 is 1.83 bits per heavy atom. The summed E-state index contributed by atoms with van der Waals surface area (Å²) in [5, 5.41) is 2.55. The van der Waals surface area contributed by atoms with Crippen molar-refractivity contribution in [3.8, 4) is 0 Å². The molecule has 7 heteroatoms. The Balaban J connectivity index is 3.16. The molecule has 1 amide bonds. The van der Waals surface area contributed by atoms with Crippen molar-refractivity contribution in [1.29, 1.82) is 0 Å². The maximum atomic E-state index is 12.1. The third-order valence-corrected chi connectivity index (χ3v) is 2.94. The first kappa shape index (κ1) is 19.4. The summed E-state index contributed by atoms with van der Waals surface area (Å²) in [6.45, 7) is 8.83. The van der Waals surface area contributed by atoms with Gasteiger partial charge in [-0.05, 0) is 40.2 Å². The van der Waals surface area contributed by atoms with Crippen molar-refractivity contribution in [2.75, 3.05) is 6.61 Å². The van der Waals surface area contributed by atoms with E-state index < -0.39 is 23.7 Å². The van der Waals surface area contributed by atoms with E-state index >= 15 is 0 Å². The van der Waals surface area contributed by atoms with Crippen LogP contribution in [-0.4, -0.2) is 34.8 Å². The predicted molar refractivity (Wildman–Crippen MR) is 88.5 cm³/mol. The average Bonchev–Trinajstić information content (AvgIpc) is 2.46. The van der Waals surface area contributed by atoms with Crippen molar-refractivity contribution in [3.05, 3.63) is 40.9 Å². The van der Waals surface area contributed by atoms with Gasteiger partial charge in [-0.15, -0.1) is 0 Å². The maximum absolute atomic E-state index is 12.1. The van der Waals surface area contributed by atoms with Crippen LogP contribution in [0.15, 0.2) is 24.3 Å². The molecule has 0 bridgehead atoms. The predicted octanol–water partition coefficient (Wildman–Crippen LogP) is 2.79. The summed E-state index contributed by atoms with van der Waals surface area (Å²) in [4.78, 5) is 27.1. The second-order valence-corrected chi connectivity index (χ2v) is 6.20. The lowest BCUT2D eigenvalue weighted by atomic mass is 10.0. The van der Waals surface area contributed by atoms with Crippen LogP contribution in [0.5, 0.6) is 0 Å². The highest BCUT2D eigenvalue weighted by Crippen LogP contribution is 2.17. The molecule has 0 heterocycles. The Labute approximate surface area is 141 Å². The quantitative estimate of drug-likeness (QED) is 0.387. The summed E-state index contributed by atoms with van der Waals surface area (Å²) in [6, 6.07) is 6.09. The van der Waals surface area contributed by atoms with E-state index in [0.29, 0.717) is 5.56 Å². The second kappa shape index (κ2) is 8.26. The number of nitrogens with zero attached hydrogens (tertiary/aromatic N) is 2. The molecule has 1 unspecified atom stereocenters. The second-order valence-electron chi connectivity index (χ2n) is 6.20. The van der Waals surface area contributed by atoms with Crippen molar-refractivity contribution in [1.82, 2.24) is 5.32 Å². The summed E-state index contributed by atoms with van der Waals surface area (Å²) in [6.07, 6.45) is -0.737. The van der Waals surface area contributed by atoms with Gasteiger partial charge in [0.1, 0.15) is 5.60 Å². The van der Waals surface area contributed by atoms with E-state index in [1.54, 1.807) is 39.8 Å². The lowest BCUT2D eigenvalue weighted by Crippen LogP contribution is -2.41. The lowest BCUT2D eigenvalue weighted by Gasteiger charge is -2.22. The largest absolute Gasteiger partial charge is 0.457 e. The molecule has 0 spiro atoms. The van der Waals surface area contributed by atoms with Gasteiger partial charge >= 0.3 is 17.8 Å². The van der Waals surface area contributed by atoms with Gasteiger partial charge in [-0.2, -0.15) is 4.79 Å². The van der Waals surface area contributed by atoms with Gasteiger partial charge < -0.3 is 20.3 Å². The minimum absolute atomic E-state index is 0.116. The molecule has 0 aliphatic rings. The summed E-state index contributed by atoms with van der Waals surface area (Å²) >= 11 is 0. The number of rotatable bonds is 5. The number of aryl methyl sites for hydroxylation is 1. The average molecular weight is 333 g/mol. The molecule has 1 rings (SSSR count). The third kappa shape index (κ3) is 5.85. The number of alkyl carbamates (subject to hydrolysis) is 1. The Kier molecular flexibility index (Phi) is 6.68. The van der Waals surface area contributed by atoms with Crippen LogP contribution in [0.25, 0.3) is 5.53 Å². The molecule has 0 aromatic heterocycles. The molecule has 0 aliphatic heterocycles. The topological polar surface area (TPSA) is 101 Å².